The van der Waals surface area contributed by atoms with Gasteiger partial charge in [-0.1, -0.05) is 0 Å². The number of rotatable bonds is 7. The summed E-state index contributed by atoms with van der Waals surface area (Å²) >= 11 is 0. The van der Waals surface area contributed by atoms with Gasteiger partial charge >= 0.3 is 6.18 Å². The van der Waals surface area contributed by atoms with Crippen molar-refractivity contribution in [3.63, 3.8) is 0 Å². The van der Waals surface area contributed by atoms with Gasteiger partial charge < -0.3 is 15.4 Å². The van der Waals surface area contributed by atoms with E-state index in [0.717, 1.165) is 6.54 Å². The first-order chi connectivity index (χ1) is 8.35. The molecule has 0 aromatic rings. The molecule has 0 amide bonds. The predicted octanol–water partition coefficient (Wildman–Crippen LogP) is 1.92. The fourth-order valence-electron chi connectivity index (χ4n) is 1.14. The van der Waals surface area contributed by atoms with Crippen LogP contribution < -0.4 is 10.6 Å². The summed E-state index contributed by atoms with van der Waals surface area (Å²) in [6.07, 6.45) is -3.79. The van der Waals surface area contributed by atoms with E-state index in [0.29, 0.717) is 18.9 Å². The highest BCUT2D eigenvalue weighted by molar-refractivity contribution is 5.79. The lowest BCUT2D eigenvalue weighted by atomic mass is 10.4. The van der Waals surface area contributed by atoms with Crippen molar-refractivity contribution >= 4 is 5.96 Å². The van der Waals surface area contributed by atoms with Gasteiger partial charge in [0.1, 0.15) is 6.61 Å². The molecule has 0 bridgehead atoms. The van der Waals surface area contributed by atoms with E-state index in [1.54, 1.807) is 0 Å². The molecule has 0 rings (SSSR count). The minimum Gasteiger partial charge on any atom is -0.372 e. The SMILES string of the molecule is CCNC(=NCCCOCC(F)(F)F)NC(C)C. The zero-order chi connectivity index (χ0) is 14.0. The van der Waals surface area contributed by atoms with Crippen LogP contribution in [0.2, 0.25) is 0 Å². The third kappa shape index (κ3) is 11.5. The Bertz CT molecular complexity index is 242. The van der Waals surface area contributed by atoms with Crippen LogP contribution in [0.3, 0.4) is 0 Å². The molecule has 0 spiro atoms. The summed E-state index contributed by atoms with van der Waals surface area (Å²) in [5.41, 5.74) is 0. The van der Waals surface area contributed by atoms with Gasteiger partial charge in [0.15, 0.2) is 5.96 Å². The van der Waals surface area contributed by atoms with E-state index in [-0.39, 0.29) is 12.6 Å². The van der Waals surface area contributed by atoms with Crippen LogP contribution in [0.4, 0.5) is 13.2 Å². The van der Waals surface area contributed by atoms with Crippen LogP contribution in [0.25, 0.3) is 0 Å². The van der Waals surface area contributed by atoms with Crippen LogP contribution >= 0.6 is 0 Å². The average Bonchev–Trinajstić information content (AvgIpc) is 2.21. The van der Waals surface area contributed by atoms with Gasteiger partial charge in [-0.3, -0.25) is 4.99 Å². The fraction of sp³-hybridized carbons (Fsp3) is 0.909. The molecular formula is C11H22F3N3O. The summed E-state index contributed by atoms with van der Waals surface area (Å²) in [4.78, 5) is 4.22. The molecule has 0 fully saturated rings. The Kier molecular flexibility index (Phi) is 8.53. The van der Waals surface area contributed by atoms with Gasteiger partial charge in [0.05, 0.1) is 0 Å². The van der Waals surface area contributed by atoms with E-state index < -0.39 is 12.8 Å². The number of hydrogen-bond acceptors (Lipinski definition) is 2. The van der Waals surface area contributed by atoms with Gasteiger partial charge in [0, 0.05) is 25.7 Å². The maximum absolute atomic E-state index is 11.8. The molecule has 18 heavy (non-hydrogen) atoms. The third-order valence-corrected chi connectivity index (χ3v) is 1.75. The van der Waals surface area contributed by atoms with Crippen LogP contribution in [-0.2, 0) is 4.74 Å². The summed E-state index contributed by atoms with van der Waals surface area (Å²) in [7, 11) is 0. The molecule has 0 aliphatic rings. The molecule has 0 aliphatic heterocycles. The maximum atomic E-state index is 11.8. The van der Waals surface area contributed by atoms with E-state index >= 15 is 0 Å². The Labute approximate surface area is 106 Å². The fourth-order valence-corrected chi connectivity index (χ4v) is 1.14. The second-order valence-electron chi connectivity index (χ2n) is 4.08. The van der Waals surface area contributed by atoms with Gasteiger partial charge in [-0.25, -0.2) is 0 Å². The lowest BCUT2D eigenvalue weighted by Gasteiger charge is -2.13. The van der Waals surface area contributed by atoms with E-state index in [1.165, 1.54) is 0 Å². The highest BCUT2D eigenvalue weighted by Crippen LogP contribution is 2.14. The molecule has 108 valence electrons. The van der Waals surface area contributed by atoms with Gasteiger partial charge in [-0.15, -0.1) is 0 Å². The first-order valence-corrected chi connectivity index (χ1v) is 6.04. The smallest absolute Gasteiger partial charge is 0.372 e. The van der Waals surface area contributed by atoms with Crippen molar-refractivity contribution in [1.29, 1.82) is 0 Å². The summed E-state index contributed by atoms with van der Waals surface area (Å²) in [5.74, 6) is 0.670. The first kappa shape index (κ1) is 17.0. The highest BCUT2D eigenvalue weighted by Gasteiger charge is 2.27. The summed E-state index contributed by atoms with van der Waals surface area (Å²) < 4.78 is 39.8. The van der Waals surface area contributed by atoms with Crippen LogP contribution in [0, 0.1) is 0 Å². The molecule has 0 radical (unpaired) electrons. The lowest BCUT2D eigenvalue weighted by Crippen LogP contribution is -2.41. The van der Waals surface area contributed by atoms with Crippen molar-refractivity contribution in [3.8, 4) is 0 Å². The largest absolute Gasteiger partial charge is 0.411 e. The molecule has 0 heterocycles. The van der Waals surface area contributed by atoms with Crippen molar-refractivity contribution in [1.82, 2.24) is 10.6 Å². The van der Waals surface area contributed by atoms with E-state index in [2.05, 4.69) is 20.4 Å². The maximum Gasteiger partial charge on any atom is 0.411 e. The number of halogens is 3. The number of hydrogen-bond donors (Lipinski definition) is 2. The van der Waals surface area contributed by atoms with Crippen molar-refractivity contribution < 1.29 is 17.9 Å². The average molecular weight is 269 g/mol. The van der Waals surface area contributed by atoms with Crippen molar-refractivity contribution in [2.24, 2.45) is 4.99 Å². The first-order valence-electron chi connectivity index (χ1n) is 6.04. The van der Waals surface area contributed by atoms with E-state index in [4.69, 9.17) is 0 Å². The molecule has 0 aromatic heterocycles. The lowest BCUT2D eigenvalue weighted by molar-refractivity contribution is -0.173. The molecule has 7 heteroatoms. The van der Waals surface area contributed by atoms with Crippen LogP contribution in [0.1, 0.15) is 27.2 Å². The Balaban J connectivity index is 3.75. The molecular weight excluding hydrogens is 247 g/mol. The summed E-state index contributed by atoms with van der Waals surface area (Å²) in [6, 6.07) is 0.254. The third-order valence-electron chi connectivity index (χ3n) is 1.75. The number of guanidine groups is 1. The van der Waals surface area contributed by atoms with Gasteiger partial charge in [0.25, 0.3) is 0 Å². The Morgan fingerprint density at radius 3 is 2.50 bits per heavy atom. The molecule has 0 aliphatic carbocycles. The number of aliphatic imine (C=N–C) groups is 1. The van der Waals surface area contributed by atoms with Crippen LogP contribution in [0.5, 0.6) is 0 Å². The van der Waals surface area contributed by atoms with Crippen LogP contribution in [-0.4, -0.2) is 44.5 Å². The van der Waals surface area contributed by atoms with E-state index in [9.17, 15) is 13.2 Å². The van der Waals surface area contributed by atoms with Gasteiger partial charge in [-0.2, -0.15) is 13.2 Å². The number of alkyl halides is 3. The Morgan fingerprint density at radius 1 is 1.33 bits per heavy atom. The molecule has 0 atom stereocenters. The van der Waals surface area contributed by atoms with Gasteiger partial charge in [0.2, 0.25) is 0 Å². The monoisotopic (exact) mass is 269 g/mol. The van der Waals surface area contributed by atoms with Crippen molar-refractivity contribution in [2.75, 3.05) is 26.3 Å². The zero-order valence-corrected chi connectivity index (χ0v) is 11.1. The molecule has 0 unspecified atom stereocenters. The minimum atomic E-state index is -4.25. The Hall–Kier alpha value is -0.980. The molecule has 0 saturated carbocycles. The van der Waals surface area contributed by atoms with Gasteiger partial charge in [-0.05, 0) is 27.2 Å². The predicted molar refractivity (Wildman–Crippen MR) is 65.7 cm³/mol. The van der Waals surface area contributed by atoms with Crippen molar-refractivity contribution in [2.45, 2.75) is 39.4 Å². The number of nitrogens with zero attached hydrogens (tertiary/aromatic N) is 1. The topological polar surface area (TPSA) is 45.7 Å². The Morgan fingerprint density at radius 2 is 2.00 bits per heavy atom. The molecule has 2 N–H and O–H groups in total. The molecule has 4 nitrogen and oxygen atoms in total. The van der Waals surface area contributed by atoms with Crippen molar-refractivity contribution in [3.05, 3.63) is 0 Å². The second-order valence-corrected chi connectivity index (χ2v) is 4.08. The molecule has 0 saturated heterocycles. The normalized spacial score (nSPS) is 12.9. The quantitative estimate of drug-likeness (QED) is 0.422. The summed E-state index contributed by atoms with van der Waals surface area (Å²) in [5, 5.41) is 6.16. The summed E-state index contributed by atoms with van der Waals surface area (Å²) in [6.45, 7) is 5.96. The second kappa shape index (κ2) is 9.02. The van der Waals surface area contributed by atoms with Crippen LogP contribution in [0.15, 0.2) is 4.99 Å². The number of nitrogens with one attached hydrogen (secondary N) is 2. The minimum absolute atomic E-state index is 0.0596. The molecule has 0 aromatic carbocycles. The zero-order valence-electron chi connectivity index (χ0n) is 11.1. The van der Waals surface area contributed by atoms with E-state index in [1.807, 2.05) is 20.8 Å². The highest BCUT2D eigenvalue weighted by atomic mass is 19.4. The standard InChI is InChI=1S/C11H22F3N3O/c1-4-15-10(17-9(2)3)16-6-5-7-18-8-11(12,13)14/h9H,4-8H2,1-3H3,(H2,15,16,17). The number of ether oxygens (including phenoxy) is 1.